The van der Waals surface area contributed by atoms with Crippen LogP contribution in [-0.2, 0) is 0 Å². The summed E-state index contributed by atoms with van der Waals surface area (Å²) >= 11 is 0. The van der Waals surface area contributed by atoms with Crippen LogP contribution in [0.25, 0.3) is 11.3 Å². The van der Waals surface area contributed by atoms with Crippen LogP contribution in [0.4, 0.5) is 0 Å². The van der Waals surface area contributed by atoms with Gasteiger partial charge in [-0.25, -0.2) is 0 Å². The lowest BCUT2D eigenvalue weighted by molar-refractivity contribution is 0.353. The van der Waals surface area contributed by atoms with Gasteiger partial charge in [0.25, 0.3) is 0 Å². The number of rotatable bonds is 2. The highest BCUT2D eigenvalue weighted by atomic mass is 16.5. The first-order valence-corrected chi connectivity index (χ1v) is 6.10. The first kappa shape index (κ1) is 10.5. The molecule has 1 unspecified atom stereocenters. The summed E-state index contributed by atoms with van der Waals surface area (Å²) in [6, 6.07) is 10.8. The van der Waals surface area contributed by atoms with Crippen LogP contribution >= 0.6 is 0 Å². The van der Waals surface area contributed by atoms with Crippen molar-refractivity contribution in [3.63, 3.8) is 0 Å². The lowest BCUT2D eigenvalue weighted by Gasteiger charge is -2.02. The van der Waals surface area contributed by atoms with E-state index in [1.807, 2.05) is 6.07 Å². The Balaban J connectivity index is 1.86. The average Bonchev–Trinajstić information content (AvgIpc) is 3.00. The molecule has 0 bridgehead atoms. The molecule has 88 valence electrons. The number of nitrogens with one attached hydrogen (secondary N) is 1. The molecule has 3 rings (SSSR count). The van der Waals surface area contributed by atoms with E-state index in [0.29, 0.717) is 6.04 Å². The second-order valence-corrected chi connectivity index (χ2v) is 4.63. The summed E-state index contributed by atoms with van der Waals surface area (Å²) in [5.74, 6) is 0.957. The predicted octanol–water partition coefficient (Wildman–Crippen LogP) is 3.07. The summed E-state index contributed by atoms with van der Waals surface area (Å²) in [4.78, 5) is 0. The summed E-state index contributed by atoms with van der Waals surface area (Å²) < 4.78 is 5.42. The zero-order valence-corrected chi connectivity index (χ0v) is 9.94. The van der Waals surface area contributed by atoms with Gasteiger partial charge in [-0.15, -0.1) is 0 Å². The molecular formula is C14H16N2O. The van der Waals surface area contributed by atoms with Crippen LogP contribution < -0.4 is 5.32 Å². The second kappa shape index (κ2) is 4.34. The molecule has 0 spiro atoms. The molecule has 1 N–H and O–H groups in total. The predicted molar refractivity (Wildman–Crippen MR) is 66.7 cm³/mol. The minimum Gasteiger partial charge on any atom is -0.359 e. The molecule has 1 aliphatic heterocycles. The molecule has 1 aliphatic rings. The van der Waals surface area contributed by atoms with Crippen LogP contribution in [0.5, 0.6) is 0 Å². The van der Waals surface area contributed by atoms with Gasteiger partial charge in [-0.3, -0.25) is 0 Å². The van der Waals surface area contributed by atoms with Gasteiger partial charge in [0.15, 0.2) is 5.76 Å². The molecule has 1 fully saturated rings. The van der Waals surface area contributed by atoms with E-state index < -0.39 is 0 Å². The highest BCUT2D eigenvalue weighted by Crippen LogP contribution is 2.27. The van der Waals surface area contributed by atoms with E-state index in [9.17, 15) is 0 Å². The molecule has 1 saturated heterocycles. The Morgan fingerprint density at radius 2 is 2.12 bits per heavy atom. The average molecular weight is 228 g/mol. The fraction of sp³-hybridized carbons (Fsp3) is 0.357. The number of hydrogen-bond acceptors (Lipinski definition) is 3. The molecule has 0 aliphatic carbocycles. The number of benzene rings is 1. The van der Waals surface area contributed by atoms with Crippen molar-refractivity contribution >= 4 is 0 Å². The third kappa shape index (κ3) is 2.11. The Kier molecular flexibility index (Phi) is 2.69. The molecule has 1 aromatic heterocycles. The van der Waals surface area contributed by atoms with Gasteiger partial charge in [0.05, 0.1) is 6.04 Å². The van der Waals surface area contributed by atoms with Gasteiger partial charge in [-0.2, -0.15) is 0 Å². The smallest absolute Gasteiger partial charge is 0.154 e. The van der Waals surface area contributed by atoms with Crippen molar-refractivity contribution in [1.29, 1.82) is 0 Å². The van der Waals surface area contributed by atoms with E-state index in [2.05, 4.69) is 41.7 Å². The summed E-state index contributed by atoms with van der Waals surface area (Å²) in [7, 11) is 0. The zero-order valence-electron chi connectivity index (χ0n) is 9.94. The Morgan fingerprint density at radius 1 is 1.29 bits per heavy atom. The second-order valence-electron chi connectivity index (χ2n) is 4.63. The normalized spacial score (nSPS) is 19.7. The largest absolute Gasteiger partial charge is 0.359 e. The van der Waals surface area contributed by atoms with Crippen LogP contribution in [-0.4, -0.2) is 11.7 Å². The first-order chi connectivity index (χ1) is 8.33. The fourth-order valence-electron chi connectivity index (χ4n) is 2.24. The van der Waals surface area contributed by atoms with Crippen LogP contribution in [0, 0.1) is 6.92 Å². The number of nitrogens with zero attached hydrogens (tertiary/aromatic N) is 1. The summed E-state index contributed by atoms with van der Waals surface area (Å²) in [6.45, 7) is 3.16. The monoisotopic (exact) mass is 228 g/mol. The topological polar surface area (TPSA) is 38.1 Å². The van der Waals surface area contributed by atoms with Crippen molar-refractivity contribution in [1.82, 2.24) is 10.5 Å². The molecule has 0 amide bonds. The Labute approximate surface area is 101 Å². The van der Waals surface area contributed by atoms with E-state index in [0.717, 1.165) is 30.0 Å². The molecule has 0 saturated carbocycles. The molecule has 2 heterocycles. The third-order valence-corrected chi connectivity index (χ3v) is 3.28. The van der Waals surface area contributed by atoms with Crippen molar-refractivity contribution < 1.29 is 4.52 Å². The molecular weight excluding hydrogens is 212 g/mol. The molecule has 17 heavy (non-hydrogen) atoms. The van der Waals surface area contributed by atoms with Crippen LogP contribution in [0.3, 0.4) is 0 Å². The minimum atomic E-state index is 0.349. The number of aromatic nitrogens is 1. The lowest BCUT2D eigenvalue weighted by Crippen LogP contribution is -2.11. The number of aryl methyl sites for hydroxylation is 1. The standard InChI is InChI=1S/C14H16N2O/c1-10-4-6-11(7-5-10)13-9-14(17-16-13)12-3-2-8-15-12/h4-7,9,12,15H,2-3,8H2,1H3. The van der Waals surface area contributed by atoms with E-state index in [1.165, 1.54) is 12.0 Å². The Morgan fingerprint density at radius 3 is 2.82 bits per heavy atom. The van der Waals surface area contributed by atoms with Crippen molar-refractivity contribution in [2.75, 3.05) is 6.54 Å². The fourth-order valence-corrected chi connectivity index (χ4v) is 2.24. The first-order valence-electron chi connectivity index (χ1n) is 6.10. The van der Waals surface area contributed by atoms with Crippen LogP contribution in [0.1, 0.15) is 30.2 Å². The van der Waals surface area contributed by atoms with Crippen molar-refractivity contribution in [2.24, 2.45) is 0 Å². The quantitative estimate of drug-likeness (QED) is 0.858. The molecule has 3 nitrogen and oxygen atoms in total. The highest BCUT2D eigenvalue weighted by molar-refractivity contribution is 5.59. The summed E-state index contributed by atoms with van der Waals surface area (Å²) in [5.41, 5.74) is 3.30. The van der Waals surface area contributed by atoms with Gasteiger partial charge in [0.2, 0.25) is 0 Å². The molecule has 2 aromatic rings. The summed E-state index contributed by atoms with van der Waals surface area (Å²) in [5, 5.41) is 7.56. The molecule has 3 heteroatoms. The van der Waals surface area contributed by atoms with Crippen molar-refractivity contribution in [3.8, 4) is 11.3 Å². The van der Waals surface area contributed by atoms with E-state index >= 15 is 0 Å². The SMILES string of the molecule is Cc1ccc(-c2cc(C3CCCN3)on2)cc1. The Bertz CT molecular complexity index is 495. The van der Waals surface area contributed by atoms with E-state index in [-0.39, 0.29) is 0 Å². The van der Waals surface area contributed by atoms with Crippen molar-refractivity contribution in [2.45, 2.75) is 25.8 Å². The van der Waals surface area contributed by atoms with Gasteiger partial charge >= 0.3 is 0 Å². The van der Waals surface area contributed by atoms with E-state index in [1.54, 1.807) is 0 Å². The maximum atomic E-state index is 5.42. The van der Waals surface area contributed by atoms with E-state index in [4.69, 9.17) is 4.52 Å². The van der Waals surface area contributed by atoms with Crippen LogP contribution in [0.2, 0.25) is 0 Å². The Hall–Kier alpha value is -1.61. The van der Waals surface area contributed by atoms with Gasteiger partial charge < -0.3 is 9.84 Å². The van der Waals surface area contributed by atoms with Gasteiger partial charge in [-0.05, 0) is 26.3 Å². The van der Waals surface area contributed by atoms with Gasteiger partial charge in [-0.1, -0.05) is 35.0 Å². The zero-order chi connectivity index (χ0) is 11.7. The molecule has 1 aromatic carbocycles. The molecule has 0 radical (unpaired) electrons. The lowest BCUT2D eigenvalue weighted by atomic mass is 10.1. The van der Waals surface area contributed by atoms with Crippen LogP contribution in [0.15, 0.2) is 34.9 Å². The number of hydrogen-bond donors (Lipinski definition) is 1. The van der Waals surface area contributed by atoms with Crippen molar-refractivity contribution in [3.05, 3.63) is 41.7 Å². The van der Waals surface area contributed by atoms with Gasteiger partial charge in [0, 0.05) is 11.6 Å². The third-order valence-electron chi connectivity index (χ3n) is 3.28. The summed E-state index contributed by atoms with van der Waals surface area (Å²) in [6.07, 6.45) is 2.35. The maximum Gasteiger partial charge on any atom is 0.154 e. The highest BCUT2D eigenvalue weighted by Gasteiger charge is 2.20. The van der Waals surface area contributed by atoms with Gasteiger partial charge in [0.1, 0.15) is 5.69 Å². The molecule has 1 atom stereocenters. The maximum absolute atomic E-state index is 5.42. The minimum absolute atomic E-state index is 0.349.